The van der Waals surface area contributed by atoms with Crippen LogP contribution in [-0.2, 0) is 80.4 Å². The summed E-state index contributed by atoms with van der Waals surface area (Å²) in [5.41, 5.74) is 7.02. The van der Waals surface area contributed by atoms with Crippen molar-refractivity contribution in [1.82, 2.24) is 59.8 Å². The first-order chi connectivity index (χ1) is 53.7. The van der Waals surface area contributed by atoms with Crippen LogP contribution in [0, 0.1) is 52.3 Å². The average Bonchev–Trinajstić information content (AvgIpc) is 0.545. The Labute approximate surface area is 747 Å². The maximum atomic E-state index is 9.76. The van der Waals surface area contributed by atoms with Gasteiger partial charge in [0, 0.05) is 109 Å². The van der Waals surface area contributed by atoms with Gasteiger partial charge < -0.3 is 40.9 Å². The molecular weight excluding hydrogens is 2180 g/mol. The minimum atomic E-state index is -0.443. The fourth-order valence-electron chi connectivity index (χ4n) is 9.62. The van der Waals surface area contributed by atoms with Crippen LogP contribution in [0.25, 0.3) is 91.1 Å². The van der Waals surface area contributed by atoms with Crippen molar-refractivity contribution in [1.29, 1.82) is 0 Å². The number of aliphatic hydroxyl groups excluding tert-OH is 8. The Bertz CT molecular complexity index is 3780. The van der Waals surface area contributed by atoms with E-state index in [9.17, 15) is 25.5 Å². The zero-order valence-corrected chi connectivity index (χ0v) is 79.1. The molecule has 117 heavy (non-hydrogen) atoms. The van der Waals surface area contributed by atoms with Gasteiger partial charge in [-0.3, -0.25) is 39.9 Å². The predicted molar refractivity (Wildman–Crippen MR) is 450 cm³/mol. The van der Waals surface area contributed by atoms with Gasteiger partial charge in [-0.2, -0.15) is 0 Å². The minimum absolute atomic E-state index is 0. The Kier molecular flexibility index (Phi) is 51.7. The number of benzene rings is 8. The predicted octanol–water partition coefficient (Wildman–Crippen LogP) is 16.9. The van der Waals surface area contributed by atoms with Crippen molar-refractivity contribution in [2.45, 2.75) is 185 Å². The van der Waals surface area contributed by atoms with Crippen molar-refractivity contribution in [3.8, 4) is 91.1 Å². The van der Waals surface area contributed by atoms with Crippen LogP contribution in [0.15, 0.2) is 244 Å². The monoisotopic (exact) mass is 2300 g/mol. The fraction of sp³-hybridized carbons (Fsp3) is 0.355. The van der Waals surface area contributed by atoms with Gasteiger partial charge in [0.05, 0.1) is 72.1 Å². The van der Waals surface area contributed by atoms with Crippen LogP contribution in [0.2, 0.25) is 0 Å². The molecule has 4 radical (unpaired) electrons. The van der Waals surface area contributed by atoms with Gasteiger partial charge >= 0.3 is 0 Å². The minimum Gasteiger partial charge on any atom is -0.393 e. The molecule has 0 aliphatic rings. The number of aromatic nitrogens is 12. The molecule has 8 atom stereocenters. The van der Waals surface area contributed by atoms with Gasteiger partial charge in [0.25, 0.3) is 0 Å². The fourth-order valence-corrected chi connectivity index (χ4v) is 9.62. The normalized spacial score (nSPS) is 12.7. The van der Waals surface area contributed by atoms with Crippen molar-refractivity contribution < 1.29 is 121 Å². The van der Waals surface area contributed by atoms with E-state index >= 15 is 0 Å². The van der Waals surface area contributed by atoms with Crippen LogP contribution >= 0.6 is 0 Å². The Balaban J connectivity index is 0.000000677. The molecule has 8 unspecified atom stereocenters. The molecule has 0 fully saturated rings. The molecule has 8 N–H and O–H groups in total. The Morgan fingerprint density at radius 2 is 0.444 bits per heavy atom. The summed E-state index contributed by atoms with van der Waals surface area (Å²) >= 11 is 0. The largest absolute Gasteiger partial charge is 0.393 e. The molecule has 0 amide bonds. The van der Waals surface area contributed by atoms with Crippen LogP contribution in [0.1, 0.15) is 136 Å². The summed E-state index contributed by atoms with van der Waals surface area (Å²) in [6.45, 7) is 30.6. The van der Waals surface area contributed by atoms with Crippen LogP contribution < -0.4 is 0 Å². The second kappa shape index (κ2) is 56.5. The molecule has 634 valence electrons. The maximum absolute atomic E-state index is 9.76. The van der Waals surface area contributed by atoms with Crippen LogP contribution in [0.4, 0.5) is 0 Å². The number of hydrogen-bond donors (Lipinski definition) is 8. The van der Waals surface area contributed by atoms with Crippen molar-refractivity contribution in [3.05, 3.63) is 268 Å². The zero-order chi connectivity index (χ0) is 82.9. The third kappa shape index (κ3) is 42.0. The third-order valence-electron chi connectivity index (χ3n) is 16.9. The molecule has 0 saturated heterocycles. The van der Waals surface area contributed by atoms with Gasteiger partial charge in [0.2, 0.25) is 0 Å². The average molecular weight is 2300 g/mol. The first-order valence-corrected chi connectivity index (χ1v) is 38.0. The Morgan fingerprint density at radius 1 is 0.248 bits per heavy atom. The molecular formula is C93H114Ir4N12O8-4. The molecule has 12 aromatic rings. The quantitative estimate of drug-likeness (QED) is 0.0370. The molecule has 0 aliphatic carbocycles. The molecule has 24 heteroatoms. The molecule has 12 rings (SSSR count). The van der Waals surface area contributed by atoms with E-state index in [-0.39, 0.29) is 133 Å². The van der Waals surface area contributed by atoms with Crippen LogP contribution in [0.5, 0.6) is 0 Å². The smallest absolute Gasteiger partial charge is 0.153 e. The first kappa shape index (κ1) is 107. The van der Waals surface area contributed by atoms with E-state index in [1.807, 2.05) is 308 Å². The van der Waals surface area contributed by atoms with E-state index in [1.165, 1.54) is 25.3 Å². The van der Waals surface area contributed by atoms with Gasteiger partial charge in [0.1, 0.15) is 25.3 Å². The van der Waals surface area contributed by atoms with E-state index in [0.29, 0.717) is 72.3 Å². The summed E-state index contributed by atoms with van der Waals surface area (Å²) in [6.07, 6.45) is 4.82. The SMILES string of the molecule is CC(C)(C)C(O)CC(O)C(C)(C)C.CC(C)C(O)CC(O)C(C)C.CC(O)CC(C)O.CC(O)CC(O)C(C)(C)C.[Ir].[Ir].[Ir].[Ir].[c-]1ccccc1-c1ncnc(-c2ccccc2)n1.[c-]1ccccc1-c1ncnc(-c2ccccc2)n1.[c-]1ccccc1-c1ncnc(-c2ccccc2)n1.[c-]1ccccc1-c1ncnc(-c2ccccc2)n1. The standard InChI is InChI=1S/4C15H10N3.C11H24O2.C9H20O2.C8H18O2.C5H12O2.4Ir/c4*1-3-7-12(8-4-1)14-16-11-17-15(18-14)13-9-5-2-6-10-13;1-10(2,3)8(12)7-9(13)11(4,5)6;1-6(2)8(10)5-9(11)7(3)4;1-6(9)5-7(10)8(2,3)4;1-4(6)3-5(2)7;;;;/h4*1-9,11H;8-9,12-13H,7H2,1-6H3;6-11H,5H2,1-4H3;6-7,9-10H,5H2,1-4H3;4-7H,3H2,1-2H3;;;;/q4*-1;;;;;;;;. The van der Waals surface area contributed by atoms with Gasteiger partial charge in [-0.15, -0.1) is 144 Å². The molecule has 0 saturated carbocycles. The summed E-state index contributed by atoms with van der Waals surface area (Å²) in [7, 11) is 0. The van der Waals surface area contributed by atoms with Crippen molar-refractivity contribution in [2.24, 2.45) is 28.1 Å². The molecule has 0 aliphatic heterocycles. The number of aliphatic hydroxyl groups is 8. The van der Waals surface area contributed by atoms with Crippen LogP contribution in [-0.4, -0.2) is 149 Å². The van der Waals surface area contributed by atoms with E-state index in [2.05, 4.69) is 84.1 Å². The molecule has 8 aromatic carbocycles. The van der Waals surface area contributed by atoms with Crippen LogP contribution in [0.3, 0.4) is 0 Å². The second-order valence-electron chi connectivity index (χ2n) is 30.9. The molecule has 4 heterocycles. The molecule has 0 spiro atoms. The Morgan fingerprint density at radius 3 is 0.607 bits per heavy atom. The summed E-state index contributed by atoms with van der Waals surface area (Å²) in [5.74, 6) is 5.76. The Hall–Kier alpha value is -7.92. The van der Waals surface area contributed by atoms with Crippen molar-refractivity contribution in [3.63, 3.8) is 0 Å². The maximum Gasteiger partial charge on any atom is 0.153 e. The molecule has 0 bridgehead atoms. The van der Waals surface area contributed by atoms with Gasteiger partial charge in [0.15, 0.2) is 23.3 Å². The summed E-state index contributed by atoms with van der Waals surface area (Å²) < 4.78 is 0. The van der Waals surface area contributed by atoms with E-state index in [1.54, 1.807) is 20.8 Å². The number of nitrogens with zero attached hydrogens (tertiary/aromatic N) is 12. The number of hydrogen-bond acceptors (Lipinski definition) is 20. The number of rotatable bonds is 18. The van der Waals surface area contributed by atoms with Crippen molar-refractivity contribution >= 4 is 0 Å². The van der Waals surface area contributed by atoms with E-state index in [4.69, 9.17) is 15.3 Å². The van der Waals surface area contributed by atoms with Gasteiger partial charge in [-0.05, 0) is 68.1 Å². The van der Waals surface area contributed by atoms with Gasteiger partial charge in [-0.25, -0.2) is 19.9 Å². The van der Waals surface area contributed by atoms with Crippen molar-refractivity contribution in [2.75, 3.05) is 0 Å². The van der Waals surface area contributed by atoms with E-state index < -0.39 is 24.4 Å². The summed E-state index contributed by atoms with van der Waals surface area (Å²) in [4.78, 5) is 51.4. The first-order valence-electron chi connectivity index (χ1n) is 38.0. The zero-order valence-electron chi connectivity index (χ0n) is 69.5. The van der Waals surface area contributed by atoms with Gasteiger partial charge in [-0.1, -0.05) is 211 Å². The molecule has 20 nitrogen and oxygen atoms in total. The third-order valence-corrected chi connectivity index (χ3v) is 16.9. The summed E-state index contributed by atoms with van der Waals surface area (Å²) in [6, 6.07) is 82.5. The van der Waals surface area contributed by atoms with E-state index in [0.717, 1.165) is 44.5 Å². The molecule has 4 aromatic heterocycles. The summed E-state index contributed by atoms with van der Waals surface area (Å²) in [5, 5.41) is 73.7. The topological polar surface area (TPSA) is 317 Å². The second-order valence-corrected chi connectivity index (χ2v) is 30.9.